The Morgan fingerprint density at radius 1 is 1.44 bits per heavy atom. The van der Waals surface area contributed by atoms with E-state index in [9.17, 15) is 0 Å². The second kappa shape index (κ2) is 4.55. The number of hydrogen-bond acceptors (Lipinski definition) is 3. The molecule has 2 N–H and O–H groups in total. The molecule has 2 aliphatic rings. The number of aromatic nitrogens is 2. The van der Waals surface area contributed by atoms with Gasteiger partial charge in [0.15, 0.2) is 0 Å². The van der Waals surface area contributed by atoms with E-state index in [2.05, 4.69) is 20.2 Å². The van der Waals surface area contributed by atoms with Crippen molar-refractivity contribution in [2.75, 3.05) is 19.6 Å². The van der Waals surface area contributed by atoms with Gasteiger partial charge < -0.3 is 15.2 Å². The summed E-state index contributed by atoms with van der Waals surface area (Å²) < 4.78 is 0. The van der Waals surface area contributed by atoms with Crippen LogP contribution < -0.4 is 5.32 Å². The van der Waals surface area contributed by atoms with Gasteiger partial charge in [-0.1, -0.05) is 0 Å². The van der Waals surface area contributed by atoms with Gasteiger partial charge in [0, 0.05) is 31.5 Å². The summed E-state index contributed by atoms with van der Waals surface area (Å²) in [5.41, 5.74) is 0. The summed E-state index contributed by atoms with van der Waals surface area (Å²) in [4.78, 5) is 9.96. The van der Waals surface area contributed by atoms with Crippen LogP contribution in [-0.2, 0) is 6.54 Å². The first-order chi connectivity index (χ1) is 7.90. The summed E-state index contributed by atoms with van der Waals surface area (Å²) in [5.74, 6) is 2.06. The summed E-state index contributed by atoms with van der Waals surface area (Å²) in [6.07, 6.45) is 7.89. The highest BCUT2D eigenvalue weighted by atomic mass is 15.2. The highest BCUT2D eigenvalue weighted by Crippen LogP contribution is 2.30. The minimum absolute atomic E-state index is 0.656. The van der Waals surface area contributed by atoms with Gasteiger partial charge in [0.05, 0.1) is 6.54 Å². The number of rotatable bonds is 5. The zero-order valence-electron chi connectivity index (χ0n) is 9.65. The second-order valence-electron chi connectivity index (χ2n) is 5.11. The molecule has 1 saturated heterocycles. The molecule has 1 aromatic rings. The molecule has 0 bridgehead atoms. The van der Waals surface area contributed by atoms with Crippen molar-refractivity contribution in [2.24, 2.45) is 5.92 Å². The molecule has 3 rings (SSSR count). The van der Waals surface area contributed by atoms with Crippen LogP contribution >= 0.6 is 0 Å². The van der Waals surface area contributed by atoms with E-state index < -0.39 is 0 Å². The average Bonchev–Trinajstić information content (AvgIpc) is 2.81. The lowest BCUT2D eigenvalue weighted by molar-refractivity contribution is 0.314. The molecule has 4 nitrogen and oxygen atoms in total. The van der Waals surface area contributed by atoms with Crippen LogP contribution in [-0.4, -0.2) is 40.5 Å². The molecule has 1 atom stereocenters. The van der Waals surface area contributed by atoms with Gasteiger partial charge in [0.2, 0.25) is 0 Å². The molecule has 1 aliphatic carbocycles. The molecule has 0 aromatic carbocycles. The third-order valence-electron chi connectivity index (χ3n) is 3.60. The van der Waals surface area contributed by atoms with Gasteiger partial charge >= 0.3 is 0 Å². The summed E-state index contributed by atoms with van der Waals surface area (Å²) >= 11 is 0. The Labute approximate surface area is 96.4 Å². The monoisotopic (exact) mass is 220 g/mol. The first kappa shape index (κ1) is 10.3. The Balaban J connectivity index is 1.39. The minimum Gasteiger partial charge on any atom is -0.348 e. The van der Waals surface area contributed by atoms with Crippen LogP contribution in [0.1, 0.15) is 25.1 Å². The Bertz CT molecular complexity index is 318. The van der Waals surface area contributed by atoms with E-state index in [1.165, 1.54) is 38.9 Å². The minimum atomic E-state index is 0.656. The van der Waals surface area contributed by atoms with Crippen molar-refractivity contribution in [3.8, 4) is 0 Å². The van der Waals surface area contributed by atoms with Crippen LogP contribution in [0.4, 0.5) is 0 Å². The van der Waals surface area contributed by atoms with E-state index in [-0.39, 0.29) is 0 Å². The molecule has 0 spiro atoms. The lowest BCUT2D eigenvalue weighted by Crippen LogP contribution is -2.33. The van der Waals surface area contributed by atoms with Crippen LogP contribution in [0.5, 0.6) is 0 Å². The van der Waals surface area contributed by atoms with E-state index in [1.54, 1.807) is 0 Å². The second-order valence-corrected chi connectivity index (χ2v) is 5.11. The fourth-order valence-electron chi connectivity index (χ4n) is 2.47. The third-order valence-corrected chi connectivity index (χ3v) is 3.60. The standard InChI is InChI=1S/C12H20N4/c1-2-10(1)8-16-6-3-11(9-16)15-7-12-13-4-5-14-12/h4-5,10-11,15H,1-3,6-9H2,(H,13,14). The molecule has 0 amide bonds. The molecular weight excluding hydrogens is 200 g/mol. The van der Waals surface area contributed by atoms with E-state index in [4.69, 9.17) is 0 Å². The number of nitrogens with one attached hydrogen (secondary N) is 2. The number of aromatic amines is 1. The van der Waals surface area contributed by atoms with Crippen LogP contribution in [0, 0.1) is 5.92 Å². The molecule has 1 aliphatic heterocycles. The predicted molar refractivity (Wildman–Crippen MR) is 63.0 cm³/mol. The van der Waals surface area contributed by atoms with Crippen LogP contribution in [0.2, 0.25) is 0 Å². The highest BCUT2D eigenvalue weighted by molar-refractivity contribution is 4.90. The maximum absolute atomic E-state index is 4.22. The fourth-order valence-corrected chi connectivity index (χ4v) is 2.47. The molecule has 2 fully saturated rings. The summed E-state index contributed by atoms with van der Waals surface area (Å²) in [6.45, 7) is 4.69. The van der Waals surface area contributed by atoms with Crippen molar-refractivity contribution < 1.29 is 0 Å². The molecule has 16 heavy (non-hydrogen) atoms. The maximum Gasteiger partial charge on any atom is 0.120 e. The topological polar surface area (TPSA) is 44.0 Å². The number of nitrogens with zero attached hydrogens (tertiary/aromatic N) is 2. The highest BCUT2D eigenvalue weighted by Gasteiger charge is 2.28. The van der Waals surface area contributed by atoms with Gasteiger partial charge in [-0.15, -0.1) is 0 Å². The number of imidazole rings is 1. The number of hydrogen-bond donors (Lipinski definition) is 2. The molecule has 1 unspecified atom stereocenters. The Morgan fingerprint density at radius 3 is 3.12 bits per heavy atom. The SMILES string of the molecule is c1c[nH]c(CNC2CCN(CC3CC3)C2)n1. The quantitative estimate of drug-likeness (QED) is 0.777. The van der Waals surface area contributed by atoms with E-state index in [1.807, 2.05) is 12.4 Å². The van der Waals surface area contributed by atoms with E-state index in [0.717, 1.165) is 18.3 Å². The lowest BCUT2D eigenvalue weighted by atomic mass is 10.2. The zero-order valence-corrected chi connectivity index (χ0v) is 9.65. The molecule has 1 saturated carbocycles. The zero-order chi connectivity index (χ0) is 10.8. The molecule has 1 aromatic heterocycles. The van der Waals surface area contributed by atoms with Gasteiger partial charge in [-0.3, -0.25) is 0 Å². The van der Waals surface area contributed by atoms with Crippen molar-refractivity contribution >= 4 is 0 Å². The Morgan fingerprint density at radius 2 is 2.38 bits per heavy atom. The van der Waals surface area contributed by atoms with Crippen LogP contribution in [0.15, 0.2) is 12.4 Å². The van der Waals surface area contributed by atoms with Gasteiger partial charge in [-0.05, 0) is 31.7 Å². The smallest absolute Gasteiger partial charge is 0.120 e. The molecule has 88 valence electrons. The van der Waals surface area contributed by atoms with Gasteiger partial charge in [-0.25, -0.2) is 4.98 Å². The van der Waals surface area contributed by atoms with Crippen LogP contribution in [0.25, 0.3) is 0 Å². The molecular formula is C12H20N4. The molecule has 4 heteroatoms. The third kappa shape index (κ3) is 2.62. The van der Waals surface area contributed by atoms with E-state index in [0.29, 0.717) is 6.04 Å². The number of H-pyrrole nitrogens is 1. The summed E-state index contributed by atoms with van der Waals surface area (Å²) in [7, 11) is 0. The van der Waals surface area contributed by atoms with Crippen molar-refractivity contribution in [2.45, 2.75) is 31.8 Å². The lowest BCUT2D eigenvalue weighted by Gasteiger charge is -2.15. The normalized spacial score (nSPS) is 26.4. The molecule has 2 heterocycles. The number of likely N-dealkylation sites (tertiary alicyclic amines) is 1. The van der Waals surface area contributed by atoms with Crippen molar-refractivity contribution in [1.82, 2.24) is 20.2 Å². The van der Waals surface area contributed by atoms with Gasteiger partial charge in [0.1, 0.15) is 5.82 Å². The first-order valence-corrected chi connectivity index (χ1v) is 6.34. The summed E-state index contributed by atoms with van der Waals surface area (Å²) in [5, 5.41) is 3.57. The Kier molecular flexibility index (Phi) is 2.93. The average molecular weight is 220 g/mol. The summed E-state index contributed by atoms with van der Waals surface area (Å²) in [6, 6.07) is 0.656. The largest absolute Gasteiger partial charge is 0.348 e. The van der Waals surface area contributed by atoms with Gasteiger partial charge in [0.25, 0.3) is 0 Å². The van der Waals surface area contributed by atoms with Crippen molar-refractivity contribution in [3.63, 3.8) is 0 Å². The Hall–Kier alpha value is -0.870. The van der Waals surface area contributed by atoms with Crippen molar-refractivity contribution in [1.29, 1.82) is 0 Å². The van der Waals surface area contributed by atoms with Crippen molar-refractivity contribution in [3.05, 3.63) is 18.2 Å². The fraction of sp³-hybridized carbons (Fsp3) is 0.750. The van der Waals surface area contributed by atoms with Gasteiger partial charge in [-0.2, -0.15) is 0 Å². The molecule has 0 radical (unpaired) electrons. The first-order valence-electron chi connectivity index (χ1n) is 6.34. The van der Waals surface area contributed by atoms with Crippen LogP contribution in [0.3, 0.4) is 0 Å². The predicted octanol–water partition coefficient (Wildman–Crippen LogP) is 0.984. The van der Waals surface area contributed by atoms with E-state index >= 15 is 0 Å². The maximum atomic E-state index is 4.22.